The number of hydrogen-bond acceptors (Lipinski definition) is 10. The standard InChI is InChI=1S/C24H22N2O10/c1-33-23(31)17-11-35-21(29)15-7-4-8-16(10-15)22(30)36-12-18(24(32)34-2)26-20(28)14-6-3-5-13(9-14)19(27)25-17/h3-10,17-18H,11-12H2,1-2H3,(H,25,27)(H,26,28)/t17-,18?/m0/s1. The van der Waals surface area contributed by atoms with Gasteiger partial charge in [-0.3, -0.25) is 9.59 Å². The maximum Gasteiger partial charge on any atom is 0.338 e. The summed E-state index contributed by atoms with van der Waals surface area (Å²) in [6, 6.07) is 8.00. The van der Waals surface area contributed by atoms with Crippen LogP contribution in [0.5, 0.6) is 0 Å². The van der Waals surface area contributed by atoms with Crippen molar-refractivity contribution in [2.24, 2.45) is 0 Å². The number of hydrogen-bond donors (Lipinski definition) is 2. The summed E-state index contributed by atoms with van der Waals surface area (Å²) >= 11 is 0. The van der Waals surface area contributed by atoms with Gasteiger partial charge in [0.05, 0.1) is 25.3 Å². The summed E-state index contributed by atoms with van der Waals surface area (Å²) < 4.78 is 19.6. The van der Waals surface area contributed by atoms with E-state index in [1.807, 2.05) is 0 Å². The molecule has 0 saturated carbocycles. The smallest absolute Gasteiger partial charge is 0.338 e. The quantitative estimate of drug-likeness (QED) is 0.433. The van der Waals surface area contributed by atoms with E-state index in [1.165, 1.54) is 48.5 Å². The van der Waals surface area contributed by atoms with E-state index >= 15 is 0 Å². The van der Waals surface area contributed by atoms with Gasteiger partial charge in [-0.2, -0.15) is 0 Å². The van der Waals surface area contributed by atoms with E-state index in [4.69, 9.17) is 9.47 Å². The Morgan fingerprint density at radius 3 is 1.44 bits per heavy atom. The number of amides is 2. The maximum absolute atomic E-state index is 12.8. The minimum Gasteiger partial charge on any atom is -0.467 e. The topological polar surface area (TPSA) is 163 Å². The van der Waals surface area contributed by atoms with Crippen LogP contribution in [0.2, 0.25) is 0 Å². The van der Waals surface area contributed by atoms with Crippen LogP contribution in [0.3, 0.4) is 0 Å². The summed E-state index contributed by atoms with van der Waals surface area (Å²) in [5, 5.41) is 4.79. The third-order valence-corrected chi connectivity index (χ3v) is 5.07. The highest BCUT2D eigenvalue weighted by Gasteiger charge is 2.27. The van der Waals surface area contributed by atoms with Crippen molar-refractivity contribution >= 4 is 35.7 Å². The number of esters is 4. The summed E-state index contributed by atoms with van der Waals surface area (Å²) in [7, 11) is 2.19. The molecule has 3 rings (SSSR count). The number of carbonyl (C=O) groups is 6. The van der Waals surface area contributed by atoms with Gasteiger partial charge >= 0.3 is 23.9 Å². The van der Waals surface area contributed by atoms with Crippen LogP contribution in [-0.2, 0) is 28.5 Å². The molecule has 12 nitrogen and oxygen atoms in total. The number of nitrogens with one attached hydrogen (secondary N) is 2. The Balaban J connectivity index is 1.99. The Kier molecular flexibility index (Phi) is 8.34. The molecule has 188 valence electrons. The van der Waals surface area contributed by atoms with Crippen molar-refractivity contribution < 1.29 is 47.7 Å². The molecule has 2 atom stereocenters. The summed E-state index contributed by atoms with van der Waals surface area (Å²) in [6.07, 6.45) is 0. The average Bonchev–Trinajstić information content (AvgIpc) is 2.91. The fourth-order valence-corrected chi connectivity index (χ4v) is 3.16. The maximum atomic E-state index is 12.8. The molecule has 1 unspecified atom stereocenters. The van der Waals surface area contributed by atoms with Crippen LogP contribution in [0, 0.1) is 0 Å². The lowest BCUT2D eigenvalue weighted by molar-refractivity contribution is -0.144. The second kappa shape index (κ2) is 11.6. The van der Waals surface area contributed by atoms with Crippen molar-refractivity contribution in [1.82, 2.24) is 10.6 Å². The number of rotatable bonds is 2. The SMILES string of the molecule is COC(=O)C1COC(=O)c2cccc(c2)C(=O)OC[C@@H](C(=O)OC)NC(=O)c2cccc(c2)C(=O)N1. The van der Waals surface area contributed by atoms with Crippen molar-refractivity contribution in [2.75, 3.05) is 27.4 Å². The minimum absolute atomic E-state index is 0.00209. The van der Waals surface area contributed by atoms with Gasteiger partial charge in [0.2, 0.25) is 0 Å². The lowest BCUT2D eigenvalue weighted by atomic mass is 10.1. The van der Waals surface area contributed by atoms with Gasteiger partial charge in [-0.15, -0.1) is 0 Å². The Morgan fingerprint density at radius 1 is 0.694 bits per heavy atom. The highest BCUT2D eigenvalue weighted by atomic mass is 16.6. The van der Waals surface area contributed by atoms with Crippen molar-refractivity contribution in [2.45, 2.75) is 12.1 Å². The molecule has 2 amide bonds. The van der Waals surface area contributed by atoms with Crippen molar-refractivity contribution in [3.63, 3.8) is 0 Å². The van der Waals surface area contributed by atoms with Crippen molar-refractivity contribution in [3.05, 3.63) is 70.8 Å². The van der Waals surface area contributed by atoms with E-state index in [9.17, 15) is 28.8 Å². The third-order valence-electron chi connectivity index (χ3n) is 5.07. The highest BCUT2D eigenvalue weighted by Crippen LogP contribution is 2.11. The van der Waals surface area contributed by atoms with Crippen LogP contribution in [0.25, 0.3) is 0 Å². The molecule has 2 N–H and O–H groups in total. The largest absolute Gasteiger partial charge is 0.467 e. The lowest BCUT2D eigenvalue weighted by Gasteiger charge is -2.18. The molecule has 0 aliphatic carbocycles. The number of carbonyl (C=O) groups excluding carboxylic acids is 6. The molecular weight excluding hydrogens is 476 g/mol. The van der Waals surface area contributed by atoms with Gasteiger partial charge in [0.25, 0.3) is 11.8 Å². The number of ether oxygens (including phenoxy) is 4. The van der Waals surface area contributed by atoms with Gasteiger partial charge in [0, 0.05) is 11.1 Å². The van der Waals surface area contributed by atoms with Crippen LogP contribution < -0.4 is 10.6 Å². The molecule has 12 heteroatoms. The Hall–Kier alpha value is -4.74. The predicted molar refractivity (Wildman–Crippen MR) is 120 cm³/mol. The molecule has 0 spiro atoms. The van der Waals surface area contributed by atoms with Crippen molar-refractivity contribution in [3.8, 4) is 0 Å². The molecular formula is C24H22N2O10. The lowest BCUT2D eigenvalue weighted by Crippen LogP contribution is -2.46. The number of cyclic esters (lactones) is 2. The molecule has 1 heterocycles. The second-order valence-electron chi connectivity index (χ2n) is 7.46. The Labute approximate surface area is 204 Å². The first kappa shape index (κ1) is 25.9. The van der Waals surface area contributed by atoms with Crippen LogP contribution in [-0.4, -0.2) is 75.2 Å². The van der Waals surface area contributed by atoms with E-state index in [0.29, 0.717) is 0 Å². The molecule has 0 saturated heterocycles. The van der Waals surface area contributed by atoms with Gasteiger partial charge in [-0.05, 0) is 36.4 Å². The van der Waals surface area contributed by atoms with Gasteiger partial charge < -0.3 is 29.6 Å². The Morgan fingerprint density at radius 2 is 1.06 bits per heavy atom. The molecule has 36 heavy (non-hydrogen) atoms. The minimum atomic E-state index is -1.36. The van der Waals surface area contributed by atoms with E-state index in [0.717, 1.165) is 14.2 Å². The zero-order chi connectivity index (χ0) is 26.2. The second-order valence-corrected chi connectivity index (χ2v) is 7.46. The van der Waals surface area contributed by atoms with Gasteiger partial charge in [0.15, 0.2) is 12.1 Å². The summed E-state index contributed by atoms with van der Waals surface area (Å²) in [4.78, 5) is 74.9. The number of methoxy groups -OCH3 is 2. The molecule has 0 aromatic heterocycles. The number of fused-ring (bicyclic) bond motifs is 4. The molecule has 2 aromatic rings. The molecule has 2 aromatic carbocycles. The average molecular weight is 498 g/mol. The molecule has 0 fully saturated rings. The first-order valence-electron chi connectivity index (χ1n) is 10.5. The van der Waals surface area contributed by atoms with E-state index in [1.54, 1.807) is 0 Å². The summed E-state index contributed by atoms with van der Waals surface area (Å²) in [5.74, 6) is -5.02. The van der Waals surface area contributed by atoms with Crippen molar-refractivity contribution in [1.29, 1.82) is 0 Å². The zero-order valence-corrected chi connectivity index (χ0v) is 19.3. The zero-order valence-electron chi connectivity index (χ0n) is 19.3. The monoisotopic (exact) mass is 498 g/mol. The fraction of sp³-hybridized carbons (Fsp3) is 0.250. The highest BCUT2D eigenvalue weighted by molar-refractivity contribution is 6.02. The van der Waals surface area contributed by atoms with Crippen LogP contribution in [0.1, 0.15) is 41.4 Å². The molecule has 0 radical (unpaired) electrons. The fourth-order valence-electron chi connectivity index (χ4n) is 3.16. The molecule has 4 bridgehead atoms. The summed E-state index contributed by atoms with van der Waals surface area (Å²) in [6.45, 7) is -1.13. The first-order valence-corrected chi connectivity index (χ1v) is 10.5. The Bertz CT molecular complexity index is 1120. The molecule has 1 aliphatic rings. The summed E-state index contributed by atoms with van der Waals surface area (Å²) in [5.41, 5.74) is -0.0763. The molecule has 1 aliphatic heterocycles. The van der Waals surface area contributed by atoms with Gasteiger partial charge in [-0.25, -0.2) is 19.2 Å². The first-order chi connectivity index (χ1) is 17.2. The van der Waals surface area contributed by atoms with Crippen LogP contribution in [0.15, 0.2) is 48.5 Å². The van der Waals surface area contributed by atoms with Crippen LogP contribution >= 0.6 is 0 Å². The van der Waals surface area contributed by atoms with Crippen LogP contribution in [0.4, 0.5) is 0 Å². The van der Waals surface area contributed by atoms with Gasteiger partial charge in [0.1, 0.15) is 13.2 Å². The van der Waals surface area contributed by atoms with E-state index < -0.39 is 61.0 Å². The predicted octanol–water partition coefficient (Wildman–Crippen LogP) is 0.257. The van der Waals surface area contributed by atoms with Gasteiger partial charge in [-0.1, -0.05) is 12.1 Å². The third kappa shape index (κ3) is 6.23. The number of benzene rings is 2. The van der Waals surface area contributed by atoms with E-state index in [2.05, 4.69) is 20.1 Å². The van der Waals surface area contributed by atoms with E-state index in [-0.39, 0.29) is 22.3 Å². The normalized spacial score (nSPS) is 18.8.